The summed E-state index contributed by atoms with van der Waals surface area (Å²) < 4.78 is 0. The van der Waals surface area contributed by atoms with Gasteiger partial charge in [-0.05, 0) is 0 Å². The van der Waals surface area contributed by atoms with Crippen LogP contribution in [-0.4, -0.2) is 23.7 Å². The highest BCUT2D eigenvalue weighted by Gasteiger charge is 2.24. The van der Waals surface area contributed by atoms with Gasteiger partial charge in [0, 0.05) is 23.7 Å². The summed E-state index contributed by atoms with van der Waals surface area (Å²) in [5.41, 5.74) is 0. The third-order valence-electron chi connectivity index (χ3n) is 1.06. The molecule has 0 radical (unpaired) electrons. The molecular weight excluding hydrogens is 156 g/mol. The van der Waals surface area contributed by atoms with Gasteiger partial charge in [0.2, 0.25) is 0 Å². The molecule has 0 saturated heterocycles. The number of hydrogen-bond acceptors (Lipinski definition) is 0. The first-order chi connectivity index (χ1) is 3.71. The Morgan fingerprint density at radius 2 is 0.889 bits per heavy atom. The Labute approximate surface area is 63.5 Å². The standard InChI is InChI=1S/C6H20Si3/c1-8(2,3)7-9(4,5)6/h7H2,1-6H3. The minimum absolute atomic E-state index is 0.366. The van der Waals surface area contributed by atoms with Crippen molar-refractivity contribution in [3.63, 3.8) is 0 Å². The van der Waals surface area contributed by atoms with Crippen molar-refractivity contribution < 1.29 is 0 Å². The van der Waals surface area contributed by atoms with Gasteiger partial charge in [0.05, 0.1) is 0 Å². The van der Waals surface area contributed by atoms with Crippen molar-refractivity contribution in [2.75, 3.05) is 0 Å². The number of rotatable bonds is 2. The summed E-state index contributed by atoms with van der Waals surface area (Å²) in [5.74, 6) is 0. The Balaban J connectivity index is 3.75. The Morgan fingerprint density at radius 1 is 0.667 bits per heavy atom. The first-order valence-electron chi connectivity index (χ1n) is 3.71. The maximum Gasteiger partial charge on any atom is 0.0285 e. The molecule has 0 fully saturated rings. The lowest BCUT2D eigenvalue weighted by Gasteiger charge is -2.24. The van der Waals surface area contributed by atoms with Gasteiger partial charge in [-0.3, -0.25) is 0 Å². The summed E-state index contributed by atoms with van der Waals surface area (Å²) in [6.07, 6.45) is 0. The molecule has 0 aliphatic heterocycles. The normalized spacial score (nSPS) is 14.0. The lowest BCUT2D eigenvalue weighted by Crippen LogP contribution is -2.46. The van der Waals surface area contributed by atoms with E-state index in [2.05, 4.69) is 39.3 Å². The van der Waals surface area contributed by atoms with E-state index in [1.54, 1.807) is 0 Å². The summed E-state index contributed by atoms with van der Waals surface area (Å²) in [7, 11) is -0.818. The first-order valence-corrected chi connectivity index (χ1v) is 15.4. The van der Waals surface area contributed by atoms with Crippen LogP contribution in [0, 0.1) is 0 Å². The van der Waals surface area contributed by atoms with Crippen LogP contribution < -0.4 is 0 Å². The highest BCUT2D eigenvalue weighted by Crippen LogP contribution is 2.07. The van der Waals surface area contributed by atoms with E-state index in [1.165, 1.54) is 0 Å². The van der Waals surface area contributed by atoms with Crippen molar-refractivity contribution in [3.8, 4) is 0 Å². The van der Waals surface area contributed by atoms with Crippen LogP contribution in [0.5, 0.6) is 0 Å². The molecule has 3 heteroatoms. The quantitative estimate of drug-likeness (QED) is 0.563. The Hall–Kier alpha value is 0.651. The highest BCUT2D eigenvalue weighted by molar-refractivity contribution is 7.52. The lowest BCUT2D eigenvalue weighted by atomic mass is 11.8. The van der Waals surface area contributed by atoms with E-state index in [9.17, 15) is 0 Å². The maximum atomic E-state index is 2.53. The van der Waals surface area contributed by atoms with E-state index >= 15 is 0 Å². The van der Waals surface area contributed by atoms with Crippen molar-refractivity contribution in [2.45, 2.75) is 39.3 Å². The van der Waals surface area contributed by atoms with Crippen molar-refractivity contribution in [1.29, 1.82) is 0 Å². The maximum absolute atomic E-state index is 2.53. The zero-order valence-corrected chi connectivity index (χ0v) is 11.1. The fraction of sp³-hybridized carbons (Fsp3) is 1.00. The summed E-state index contributed by atoms with van der Waals surface area (Å²) in [5, 5.41) is 0. The van der Waals surface area contributed by atoms with Crippen LogP contribution in [0.2, 0.25) is 39.3 Å². The van der Waals surface area contributed by atoms with E-state index in [0.717, 1.165) is 0 Å². The van der Waals surface area contributed by atoms with E-state index in [-0.39, 0.29) is 0 Å². The van der Waals surface area contributed by atoms with E-state index in [4.69, 9.17) is 0 Å². The van der Waals surface area contributed by atoms with Crippen molar-refractivity contribution in [2.24, 2.45) is 0 Å². The third kappa shape index (κ3) is 8.65. The van der Waals surface area contributed by atoms with Crippen molar-refractivity contribution >= 4 is 23.7 Å². The molecule has 0 aromatic heterocycles. The second-order valence-electron chi connectivity index (χ2n) is 5.30. The van der Waals surface area contributed by atoms with Crippen molar-refractivity contribution in [3.05, 3.63) is 0 Å². The fourth-order valence-electron chi connectivity index (χ4n) is 1.59. The highest BCUT2D eigenvalue weighted by atomic mass is 29.6. The van der Waals surface area contributed by atoms with E-state index in [1.807, 2.05) is 0 Å². The van der Waals surface area contributed by atoms with Crippen LogP contribution in [0.3, 0.4) is 0 Å². The first kappa shape index (κ1) is 9.65. The largest absolute Gasteiger partial charge is 0.0722 e. The Kier molecular flexibility index (Phi) is 2.91. The summed E-state index contributed by atoms with van der Waals surface area (Å²) >= 11 is 0. The van der Waals surface area contributed by atoms with E-state index < -0.39 is 15.2 Å². The van der Waals surface area contributed by atoms with Crippen molar-refractivity contribution in [1.82, 2.24) is 0 Å². The SMILES string of the molecule is C[Si](C)(C)[SiH2][Si](C)(C)C. The molecule has 0 saturated carbocycles. The van der Waals surface area contributed by atoms with Gasteiger partial charge in [0.15, 0.2) is 0 Å². The van der Waals surface area contributed by atoms with Crippen LogP contribution >= 0.6 is 0 Å². The molecule has 0 rings (SSSR count). The molecule has 0 aliphatic rings. The molecule has 0 atom stereocenters. The van der Waals surface area contributed by atoms with Gasteiger partial charge in [-0.2, -0.15) is 0 Å². The van der Waals surface area contributed by atoms with Gasteiger partial charge in [0.1, 0.15) is 0 Å². The molecule has 9 heavy (non-hydrogen) atoms. The molecular formula is C6H20Si3. The zero-order chi connectivity index (χ0) is 7.71. The smallest absolute Gasteiger partial charge is 0.0285 e. The van der Waals surface area contributed by atoms with Crippen LogP contribution in [0.4, 0.5) is 0 Å². The van der Waals surface area contributed by atoms with Crippen LogP contribution in [0.15, 0.2) is 0 Å². The average Bonchev–Trinajstić information content (AvgIpc) is 1.14. The zero-order valence-electron chi connectivity index (χ0n) is 7.71. The molecule has 0 heterocycles. The van der Waals surface area contributed by atoms with Gasteiger partial charge in [0.25, 0.3) is 0 Å². The summed E-state index contributed by atoms with van der Waals surface area (Å²) in [6, 6.07) is 0. The van der Waals surface area contributed by atoms with Crippen LogP contribution in [-0.2, 0) is 0 Å². The molecule has 0 aromatic rings. The molecule has 0 unspecified atom stereocenters. The van der Waals surface area contributed by atoms with Crippen LogP contribution in [0.1, 0.15) is 0 Å². The molecule has 0 spiro atoms. The van der Waals surface area contributed by atoms with Gasteiger partial charge in [-0.1, -0.05) is 39.3 Å². The topological polar surface area (TPSA) is 0 Å². The van der Waals surface area contributed by atoms with E-state index in [0.29, 0.717) is 8.55 Å². The number of hydrogen-bond donors (Lipinski definition) is 0. The minimum Gasteiger partial charge on any atom is -0.0722 e. The Bertz CT molecular complexity index is 73.5. The monoisotopic (exact) mass is 176 g/mol. The summed E-state index contributed by atoms with van der Waals surface area (Å²) in [4.78, 5) is 0. The van der Waals surface area contributed by atoms with Gasteiger partial charge >= 0.3 is 0 Å². The third-order valence-corrected chi connectivity index (χ3v) is 28.6. The molecule has 0 amide bonds. The molecule has 0 nitrogen and oxygen atoms in total. The average molecular weight is 176 g/mol. The lowest BCUT2D eigenvalue weighted by molar-refractivity contribution is 1.82. The van der Waals surface area contributed by atoms with Crippen LogP contribution in [0.25, 0.3) is 0 Å². The fourth-order valence-corrected chi connectivity index (χ4v) is 43.0. The second-order valence-corrected chi connectivity index (χ2v) is 32.9. The molecule has 0 N–H and O–H groups in total. The van der Waals surface area contributed by atoms with Gasteiger partial charge in [-0.25, -0.2) is 0 Å². The van der Waals surface area contributed by atoms with Gasteiger partial charge in [-0.15, -0.1) is 0 Å². The predicted molar refractivity (Wildman–Crippen MR) is 55.2 cm³/mol. The molecule has 56 valence electrons. The molecule has 0 aliphatic carbocycles. The minimum atomic E-state index is -0.592. The van der Waals surface area contributed by atoms with Gasteiger partial charge < -0.3 is 0 Å². The predicted octanol–water partition coefficient (Wildman–Crippen LogP) is 1.82. The molecule has 0 aromatic carbocycles. The Morgan fingerprint density at radius 3 is 0.889 bits per heavy atom. The molecule has 0 bridgehead atoms. The summed E-state index contributed by atoms with van der Waals surface area (Å²) in [6.45, 7) is 15.2. The second kappa shape index (κ2) is 2.72.